The summed E-state index contributed by atoms with van der Waals surface area (Å²) in [5, 5.41) is 12.5. The Hall–Kier alpha value is -0.610. The van der Waals surface area contributed by atoms with E-state index in [1.54, 1.807) is 0 Å². The molecule has 2 rings (SSSR count). The van der Waals surface area contributed by atoms with E-state index in [1.807, 2.05) is 0 Å². The van der Waals surface area contributed by atoms with Crippen LogP contribution >= 0.6 is 0 Å². The second kappa shape index (κ2) is 7.10. The maximum absolute atomic E-state index is 11.0. The average Bonchev–Trinajstić information content (AvgIpc) is 2.70. The minimum absolute atomic E-state index is 0.188. The Balaban J connectivity index is 2.00. The van der Waals surface area contributed by atoms with E-state index in [0.717, 1.165) is 26.1 Å². The summed E-state index contributed by atoms with van der Waals surface area (Å²) in [5.74, 6) is -0.665. The van der Waals surface area contributed by atoms with E-state index in [4.69, 9.17) is 5.11 Å². The number of hydrogen-bond acceptors (Lipinski definition) is 3. The van der Waals surface area contributed by atoms with Crippen molar-refractivity contribution in [3.8, 4) is 0 Å². The number of rotatable bonds is 3. The fraction of sp³-hybridized carbons (Fsp3) is 0.929. The minimum Gasteiger partial charge on any atom is -0.481 e. The molecule has 1 saturated heterocycles. The largest absolute Gasteiger partial charge is 0.481 e. The topological polar surface area (TPSA) is 52.6 Å². The molecule has 0 aromatic heterocycles. The summed E-state index contributed by atoms with van der Waals surface area (Å²) in [7, 11) is 0. The first kappa shape index (κ1) is 13.8. The molecule has 4 nitrogen and oxygen atoms in total. The summed E-state index contributed by atoms with van der Waals surface area (Å²) in [6, 6.07) is 0.810. The fourth-order valence-corrected chi connectivity index (χ4v) is 3.42. The van der Waals surface area contributed by atoms with Gasteiger partial charge in [0.1, 0.15) is 0 Å². The number of aliphatic carboxylic acids is 1. The van der Waals surface area contributed by atoms with Crippen LogP contribution in [0.2, 0.25) is 0 Å². The quantitative estimate of drug-likeness (QED) is 0.755. The summed E-state index contributed by atoms with van der Waals surface area (Å²) < 4.78 is 0. The van der Waals surface area contributed by atoms with E-state index in [1.165, 1.54) is 38.5 Å². The predicted octanol–water partition coefficient (Wildman–Crippen LogP) is 1.85. The standard InChI is InChI=1S/C14H26N2O2/c17-14(18)10-13-11-15-8-5-9-16(13)12-6-3-1-2-4-7-12/h12-13,15H,1-11H2,(H,17,18). The number of nitrogens with zero attached hydrogens (tertiary/aromatic N) is 1. The van der Waals surface area contributed by atoms with Gasteiger partial charge in [0.2, 0.25) is 0 Å². The zero-order valence-corrected chi connectivity index (χ0v) is 11.2. The Morgan fingerprint density at radius 1 is 1.17 bits per heavy atom. The van der Waals surface area contributed by atoms with Crippen LogP contribution in [0.3, 0.4) is 0 Å². The van der Waals surface area contributed by atoms with Crippen LogP contribution in [0.25, 0.3) is 0 Å². The molecule has 2 aliphatic rings. The third-order valence-corrected chi connectivity index (χ3v) is 4.32. The van der Waals surface area contributed by atoms with Gasteiger partial charge in [0, 0.05) is 18.6 Å². The van der Waals surface area contributed by atoms with Crippen LogP contribution in [-0.4, -0.2) is 47.7 Å². The molecular formula is C14H26N2O2. The molecule has 1 atom stereocenters. The predicted molar refractivity (Wildman–Crippen MR) is 71.7 cm³/mol. The monoisotopic (exact) mass is 254 g/mol. The Labute approximate surface area is 110 Å². The van der Waals surface area contributed by atoms with Gasteiger partial charge in [-0.3, -0.25) is 9.69 Å². The van der Waals surface area contributed by atoms with Gasteiger partial charge in [-0.15, -0.1) is 0 Å². The molecule has 1 aliphatic carbocycles. The molecule has 1 heterocycles. The lowest BCUT2D eigenvalue weighted by atomic mass is 10.0. The van der Waals surface area contributed by atoms with Crippen molar-refractivity contribution >= 4 is 5.97 Å². The lowest BCUT2D eigenvalue weighted by Crippen LogP contribution is -2.46. The van der Waals surface area contributed by atoms with Gasteiger partial charge in [-0.05, 0) is 32.4 Å². The summed E-state index contributed by atoms with van der Waals surface area (Å²) in [6.45, 7) is 2.93. The van der Waals surface area contributed by atoms with Crippen molar-refractivity contribution in [2.75, 3.05) is 19.6 Å². The SMILES string of the molecule is O=C(O)CC1CNCCCN1C1CCCCCC1. The molecule has 1 aliphatic heterocycles. The Morgan fingerprint density at radius 3 is 2.56 bits per heavy atom. The van der Waals surface area contributed by atoms with Gasteiger partial charge in [-0.25, -0.2) is 0 Å². The first-order valence-electron chi connectivity index (χ1n) is 7.45. The highest BCUT2D eigenvalue weighted by Gasteiger charge is 2.29. The first-order chi connectivity index (χ1) is 8.77. The highest BCUT2D eigenvalue weighted by Crippen LogP contribution is 2.25. The molecule has 4 heteroatoms. The van der Waals surface area contributed by atoms with Crippen LogP contribution in [0.5, 0.6) is 0 Å². The third-order valence-electron chi connectivity index (χ3n) is 4.32. The molecule has 1 saturated carbocycles. The maximum atomic E-state index is 11.0. The third kappa shape index (κ3) is 3.95. The van der Waals surface area contributed by atoms with Crippen LogP contribution in [-0.2, 0) is 4.79 Å². The Bertz CT molecular complexity index is 263. The van der Waals surface area contributed by atoms with Crippen LogP contribution in [0.15, 0.2) is 0 Å². The molecule has 0 amide bonds. The normalized spacial score (nSPS) is 28.6. The van der Waals surface area contributed by atoms with Crippen LogP contribution < -0.4 is 5.32 Å². The zero-order valence-electron chi connectivity index (χ0n) is 11.2. The first-order valence-corrected chi connectivity index (χ1v) is 7.45. The number of carboxylic acids is 1. The van der Waals surface area contributed by atoms with Crippen molar-refractivity contribution in [2.45, 2.75) is 63.5 Å². The Morgan fingerprint density at radius 2 is 1.89 bits per heavy atom. The van der Waals surface area contributed by atoms with Gasteiger partial charge in [-0.2, -0.15) is 0 Å². The van der Waals surface area contributed by atoms with Crippen LogP contribution in [0.1, 0.15) is 51.4 Å². The number of hydrogen-bond donors (Lipinski definition) is 2. The molecule has 2 N–H and O–H groups in total. The van der Waals surface area contributed by atoms with E-state index in [2.05, 4.69) is 10.2 Å². The van der Waals surface area contributed by atoms with Gasteiger partial charge in [-0.1, -0.05) is 25.7 Å². The van der Waals surface area contributed by atoms with E-state index in [0.29, 0.717) is 6.04 Å². The second-order valence-corrected chi connectivity index (χ2v) is 5.69. The van der Waals surface area contributed by atoms with Crippen molar-refractivity contribution in [3.05, 3.63) is 0 Å². The second-order valence-electron chi connectivity index (χ2n) is 5.69. The lowest BCUT2D eigenvalue weighted by molar-refractivity contribution is -0.138. The molecule has 0 bridgehead atoms. The van der Waals surface area contributed by atoms with Gasteiger partial charge in [0.25, 0.3) is 0 Å². The van der Waals surface area contributed by atoms with Crippen molar-refractivity contribution in [1.29, 1.82) is 0 Å². The summed E-state index contributed by atoms with van der Waals surface area (Å²) in [4.78, 5) is 13.5. The maximum Gasteiger partial charge on any atom is 0.304 e. The van der Waals surface area contributed by atoms with E-state index < -0.39 is 5.97 Å². The van der Waals surface area contributed by atoms with E-state index >= 15 is 0 Å². The molecule has 2 fully saturated rings. The average molecular weight is 254 g/mol. The number of nitrogens with one attached hydrogen (secondary N) is 1. The molecule has 1 unspecified atom stereocenters. The van der Waals surface area contributed by atoms with E-state index in [-0.39, 0.29) is 12.5 Å². The highest BCUT2D eigenvalue weighted by molar-refractivity contribution is 5.67. The van der Waals surface area contributed by atoms with Gasteiger partial charge in [0.05, 0.1) is 6.42 Å². The molecule has 0 aromatic carbocycles. The van der Waals surface area contributed by atoms with Crippen LogP contribution in [0, 0.1) is 0 Å². The molecule has 104 valence electrons. The van der Waals surface area contributed by atoms with Gasteiger partial charge < -0.3 is 10.4 Å². The molecule has 18 heavy (non-hydrogen) atoms. The smallest absolute Gasteiger partial charge is 0.304 e. The van der Waals surface area contributed by atoms with Crippen molar-refractivity contribution in [2.24, 2.45) is 0 Å². The van der Waals surface area contributed by atoms with Crippen LogP contribution in [0.4, 0.5) is 0 Å². The van der Waals surface area contributed by atoms with Crippen molar-refractivity contribution in [3.63, 3.8) is 0 Å². The van der Waals surface area contributed by atoms with Crippen molar-refractivity contribution < 1.29 is 9.90 Å². The minimum atomic E-state index is -0.665. The summed E-state index contributed by atoms with van der Waals surface area (Å²) in [6.07, 6.45) is 9.28. The number of carbonyl (C=O) groups is 1. The molecule has 0 aromatic rings. The summed E-state index contributed by atoms with van der Waals surface area (Å²) in [5.41, 5.74) is 0. The Kier molecular flexibility index (Phi) is 5.45. The van der Waals surface area contributed by atoms with E-state index in [9.17, 15) is 4.79 Å². The van der Waals surface area contributed by atoms with Crippen molar-refractivity contribution in [1.82, 2.24) is 10.2 Å². The van der Waals surface area contributed by atoms with Gasteiger partial charge in [0.15, 0.2) is 0 Å². The fourth-order valence-electron chi connectivity index (χ4n) is 3.42. The molecular weight excluding hydrogens is 228 g/mol. The molecule has 0 radical (unpaired) electrons. The lowest BCUT2D eigenvalue weighted by Gasteiger charge is -2.36. The number of carboxylic acid groups (broad SMARTS) is 1. The molecule has 0 spiro atoms. The highest BCUT2D eigenvalue weighted by atomic mass is 16.4. The van der Waals surface area contributed by atoms with Gasteiger partial charge >= 0.3 is 5.97 Å². The zero-order chi connectivity index (χ0) is 12.8. The summed E-state index contributed by atoms with van der Waals surface area (Å²) >= 11 is 0.